The zero-order valence-electron chi connectivity index (χ0n) is 44.2. The van der Waals surface area contributed by atoms with Crippen LogP contribution in [0.3, 0.4) is 0 Å². The van der Waals surface area contributed by atoms with Crippen LogP contribution in [0, 0.1) is 0 Å². The van der Waals surface area contributed by atoms with Gasteiger partial charge in [-0.15, -0.1) is 0 Å². The second-order valence-corrected chi connectivity index (χ2v) is 18.8. The molecule has 0 saturated carbocycles. The molecule has 0 rings (SSSR count). The fourth-order valence-corrected chi connectivity index (χ4v) is 7.98. The molecular weight excluding hydrogens is 829 g/mol. The molecule has 386 valence electrons. The van der Waals surface area contributed by atoms with Crippen LogP contribution in [0.2, 0.25) is 0 Å². The van der Waals surface area contributed by atoms with E-state index < -0.39 is 6.10 Å². The van der Waals surface area contributed by atoms with Gasteiger partial charge in [-0.05, 0) is 70.6 Å². The Morgan fingerprint density at radius 3 is 0.910 bits per heavy atom. The molecule has 0 N–H and O–H groups in total. The SMILES string of the molecule is CC/C=C\C/C=C\C/C=C\C/C=C\C/C=C\C/C=C\CCCCCCCCC(=O)OCC(COC(=O)CCCCCCCC)OC(=O)CCCCCCCCCCCCCCCCCCCC. The van der Waals surface area contributed by atoms with Crippen LogP contribution < -0.4 is 0 Å². The van der Waals surface area contributed by atoms with Gasteiger partial charge in [0.1, 0.15) is 13.2 Å². The van der Waals surface area contributed by atoms with Gasteiger partial charge in [-0.2, -0.15) is 0 Å². The van der Waals surface area contributed by atoms with Crippen molar-refractivity contribution in [2.75, 3.05) is 13.2 Å². The van der Waals surface area contributed by atoms with Gasteiger partial charge in [-0.1, -0.05) is 261 Å². The van der Waals surface area contributed by atoms with Crippen molar-refractivity contribution in [1.82, 2.24) is 0 Å². The topological polar surface area (TPSA) is 78.9 Å². The molecule has 0 fully saturated rings. The van der Waals surface area contributed by atoms with E-state index in [1.165, 1.54) is 135 Å². The lowest BCUT2D eigenvalue weighted by atomic mass is 10.0. The van der Waals surface area contributed by atoms with E-state index in [0.29, 0.717) is 19.3 Å². The lowest BCUT2D eigenvalue weighted by molar-refractivity contribution is -0.167. The van der Waals surface area contributed by atoms with Crippen LogP contribution in [0.5, 0.6) is 0 Å². The van der Waals surface area contributed by atoms with Crippen LogP contribution in [0.4, 0.5) is 0 Å². The molecule has 0 aromatic rings. The minimum Gasteiger partial charge on any atom is -0.462 e. The lowest BCUT2D eigenvalue weighted by Gasteiger charge is -2.18. The van der Waals surface area contributed by atoms with Crippen molar-refractivity contribution < 1.29 is 28.6 Å². The first-order valence-electron chi connectivity index (χ1n) is 28.4. The Morgan fingerprint density at radius 1 is 0.313 bits per heavy atom. The molecular formula is C61H106O6. The Hall–Kier alpha value is -3.15. The summed E-state index contributed by atoms with van der Waals surface area (Å²) in [6.07, 6.45) is 70.6. The highest BCUT2D eigenvalue weighted by Gasteiger charge is 2.19. The van der Waals surface area contributed by atoms with Crippen LogP contribution in [-0.4, -0.2) is 37.2 Å². The van der Waals surface area contributed by atoms with Crippen molar-refractivity contribution >= 4 is 17.9 Å². The molecule has 0 aromatic carbocycles. The Kier molecular flexibility index (Phi) is 52.8. The average Bonchev–Trinajstić information content (AvgIpc) is 3.33. The van der Waals surface area contributed by atoms with E-state index in [1.54, 1.807) is 0 Å². The largest absolute Gasteiger partial charge is 0.462 e. The summed E-state index contributed by atoms with van der Waals surface area (Å²) in [6, 6.07) is 0. The standard InChI is InChI=1S/C61H106O6/c1-4-7-10-13-16-18-20-22-24-26-28-29-30-31-32-33-34-36-37-39-41-43-45-48-51-54-60(63)66-57-58(56-65-59(62)53-50-47-15-12-9-6-3)67-61(64)55-52-49-46-44-42-40-38-35-27-25-23-21-19-17-14-11-8-5-2/h7,10,16,18,22,24,28-29,31-32,34,36,58H,4-6,8-9,11-15,17,19-21,23,25-27,30,33,35,37-57H2,1-3H3/b10-7-,18-16-,24-22-,29-28-,32-31-,36-34-. The van der Waals surface area contributed by atoms with Gasteiger partial charge in [0.2, 0.25) is 0 Å². The van der Waals surface area contributed by atoms with Crippen molar-refractivity contribution in [2.24, 2.45) is 0 Å². The lowest BCUT2D eigenvalue weighted by Crippen LogP contribution is -2.30. The number of carbonyl (C=O) groups excluding carboxylic acids is 3. The molecule has 67 heavy (non-hydrogen) atoms. The number of rotatable bonds is 51. The van der Waals surface area contributed by atoms with Crippen LogP contribution in [0.25, 0.3) is 0 Å². The average molecular weight is 936 g/mol. The van der Waals surface area contributed by atoms with E-state index in [1.807, 2.05) is 0 Å². The minimum absolute atomic E-state index is 0.0780. The highest BCUT2D eigenvalue weighted by atomic mass is 16.6. The Bertz CT molecular complexity index is 1260. The molecule has 6 nitrogen and oxygen atoms in total. The van der Waals surface area contributed by atoms with Crippen molar-refractivity contribution in [3.05, 3.63) is 72.9 Å². The molecule has 1 unspecified atom stereocenters. The van der Waals surface area contributed by atoms with Gasteiger partial charge >= 0.3 is 17.9 Å². The molecule has 0 aliphatic carbocycles. The summed E-state index contributed by atoms with van der Waals surface area (Å²) in [5.74, 6) is -0.894. The Labute approximate surface area is 414 Å². The molecule has 0 bridgehead atoms. The van der Waals surface area contributed by atoms with Crippen LogP contribution in [0.15, 0.2) is 72.9 Å². The summed E-state index contributed by atoms with van der Waals surface area (Å²) in [5, 5.41) is 0. The maximum absolute atomic E-state index is 12.8. The summed E-state index contributed by atoms with van der Waals surface area (Å²) in [4.78, 5) is 37.9. The number of esters is 3. The number of allylic oxidation sites excluding steroid dienone is 12. The number of unbranched alkanes of at least 4 members (excludes halogenated alkanes) is 28. The van der Waals surface area contributed by atoms with Gasteiger partial charge < -0.3 is 14.2 Å². The minimum atomic E-state index is -0.776. The van der Waals surface area contributed by atoms with Crippen LogP contribution in [0.1, 0.15) is 278 Å². The van der Waals surface area contributed by atoms with Gasteiger partial charge in [0.25, 0.3) is 0 Å². The predicted molar refractivity (Wildman–Crippen MR) is 288 cm³/mol. The molecule has 0 saturated heterocycles. The maximum atomic E-state index is 12.8. The molecule has 1 atom stereocenters. The first-order chi connectivity index (χ1) is 33.0. The van der Waals surface area contributed by atoms with E-state index in [9.17, 15) is 14.4 Å². The van der Waals surface area contributed by atoms with Crippen LogP contribution in [-0.2, 0) is 28.6 Å². The normalized spacial score (nSPS) is 12.6. The van der Waals surface area contributed by atoms with Gasteiger partial charge in [0.05, 0.1) is 0 Å². The Balaban J connectivity index is 4.18. The monoisotopic (exact) mass is 935 g/mol. The van der Waals surface area contributed by atoms with E-state index in [4.69, 9.17) is 14.2 Å². The zero-order valence-corrected chi connectivity index (χ0v) is 44.2. The fraction of sp³-hybridized carbons (Fsp3) is 0.754. The first kappa shape index (κ1) is 63.8. The fourth-order valence-electron chi connectivity index (χ4n) is 7.98. The number of ether oxygens (including phenoxy) is 3. The predicted octanol–water partition coefficient (Wildman–Crippen LogP) is 19.0. The second kappa shape index (κ2) is 55.4. The smallest absolute Gasteiger partial charge is 0.306 e. The number of hydrogen-bond acceptors (Lipinski definition) is 6. The van der Waals surface area contributed by atoms with Crippen molar-refractivity contribution in [3.63, 3.8) is 0 Å². The third-order valence-corrected chi connectivity index (χ3v) is 12.2. The summed E-state index contributed by atoms with van der Waals surface area (Å²) in [6.45, 7) is 6.48. The third-order valence-electron chi connectivity index (χ3n) is 12.2. The van der Waals surface area contributed by atoms with E-state index in [2.05, 4.69) is 93.7 Å². The van der Waals surface area contributed by atoms with E-state index >= 15 is 0 Å². The summed E-state index contributed by atoms with van der Waals surface area (Å²) >= 11 is 0. The second-order valence-electron chi connectivity index (χ2n) is 18.8. The Morgan fingerprint density at radius 2 is 0.582 bits per heavy atom. The van der Waals surface area contributed by atoms with Gasteiger partial charge in [0.15, 0.2) is 6.10 Å². The van der Waals surface area contributed by atoms with Gasteiger partial charge in [0, 0.05) is 19.3 Å². The molecule has 0 aromatic heterocycles. The number of carbonyl (C=O) groups is 3. The van der Waals surface area contributed by atoms with E-state index in [0.717, 1.165) is 103 Å². The summed E-state index contributed by atoms with van der Waals surface area (Å²) in [5.41, 5.74) is 0. The highest BCUT2D eigenvalue weighted by molar-refractivity contribution is 5.71. The quantitative estimate of drug-likeness (QED) is 0.0262. The molecule has 0 aliphatic rings. The van der Waals surface area contributed by atoms with Crippen molar-refractivity contribution in [3.8, 4) is 0 Å². The third kappa shape index (κ3) is 53.7. The summed E-state index contributed by atoms with van der Waals surface area (Å²) < 4.78 is 16.7. The van der Waals surface area contributed by atoms with Crippen LogP contribution >= 0.6 is 0 Å². The molecule has 0 amide bonds. The number of hydrogen-bond donors (Lipinski definition) is 0. The molecule has 0 spiro atoms. The molecule has 0 radical (unpaired) electrons. The molecule has 0 heterocycles. The zero-order chi connectivity index (χ0) is 48.6. The van der Waals surface area contributed by atoms with Gasteiger partial charge in [-0.3, -0.25) is 14.4 Å². The maximum Gasteiger partial charge on any atom is 0.306 e. The highest BCUT2D eigenvalue weighted by Crippen LogP contribution is 2.16. The molecule has 0 aliphatic heterocycles. The van der Waals surface area contributed by atoms with Gasteiger partial charge in [-0.25, -0.2) is 0 Å². The first-order valence-corrected chi connectivity index (χ1v) is 28.4. The van der Waals surface area contributed by atoms with Crippen molar-refractivity contribution in [2.45, 2.75) is 284 Å². The van der Waals surface area contributed by atoms with E-state index in [-0.39, 0.29) is 31.1 Å². The summed E-state index contributed by atoms with van der Waals surface area (Å²) in [7, 11) is 0. The van der Waals surface area contributed by atoms with Crippen molar-refractivity contribution in [1.29, 1.82) is 0 Å². The molecule has 6 heteroatoms.